The molecule has 0 aliphatic carbocycles. The Bertz CT molecular complexity index is 431. The molecule has 0 aliphatic heterocycles. The van der Waals surface area contributed by atoms with E-state index in [-0.39, 0.29) is 5.69 Å². The second-order valence-corrected chi connectivity index (χ2v) is 2.67. The number of carbonyl (C=O) groups is 1. The van der Waals surface area contributed by atoms with E-state index >= 15 is 0 Å². The smallest absolute Gasteiger partial charge is 0.358 e. The lowest BCUT2D eigenvalue weighted by molar-refractivity contribution is 0.0520. The maximum absolute atomic E-state index is 11.3. The molecule has 5 heteroatoms. The van der Waals surface area contributed by atoms with Gasteiger partial charge in [-0.1, -0.05) is 0 Å². The lowest BCUT2D eigenvalue weighted by Crippen LogP contribution is -2.04. The van der Waals surface area contributed by atoms with E-state index in [0.29, 0.717) is 12.3 Å². The van der Waals surface area contributed by atoms with E-state index < -0.39 is 5.97 Å². The highest BCUT2D eigenvalue weighted by Crippen LogP contribution is 2.03. The Morgan fingerprint density at radius 3 is 3.21 bits per heavy atom. The van der Waals surface area contributed by atoms with Gasteiger partial charge in [-0.3, -0.25) is 0 Å². The summed E-state index contributed by atoms with van der Waals surface area (Å²) in [6.45, 7) is 2.10. The van der Waals surface area contributed by atoms with E-state index in [4.69, 9.17) is 4.74 Å². The van der Waals surface area contributed by atoms with Crippen LogP contribution < -0.4 is 0 Å². The fraction of sp³-hybridized carbons (Fsp3) is 0.222. The van der Waals surface area contributed by atoms with Crippen molar-refractivity contribution in [1.29, 1.82) is 0 Å². The minimum absolute atomic E-state index is 0.283. The van der Waals surface area contributed by atoms with Crippen LogP contribution in [0.2, 0.25) is 0 Å². The quantitative estimate of drug-likeness (QED) is 0.662. The van der Waals surface area contributed by atoms with Crippen molar-refractivity contribution < 1.29 is 9.53 Å². The van der Waals surface area contributed by atoms with Gasteiger partial charge in [-0.05, 0) is 19.1 Å². The van der Waals surface area contributed by atoms with Gasteiger partial charge in [-0.25, -0.2) is 14.3 Å². The highest BCUT2D eigenvalue weighted by atomic mass is 16.5. The molecule has 14 heavy (non-hydrogen) atoms. The van der Waals surface area contributed by atoms with Gasteiger partial charge in [-0.2, -0.15) is 5.10 Å². The Hall–Kier alpha value is -1.91. The number of imidazole rings is 1. The summed E-state index contributed by atoms with van der Waals surface area (Å²) in [6.07, 6.45) is 3.18. The first-order chi connectivity index (χ1) is 6.81. The monoisotopic (exact) mass is 191 g/mol. The predicted octanol–water partition coefficient (Wildman–Crippen LogP) is 0.906. The van der Waals surface area contributed by atoms with E-state index in [2.05, 4.69) is 10.1 Å². The first kappa shape index (κ1) is 8.68. The molecular weight excluding hydrogens is 182 g/mol. The molecule has 72 valence electrons. The SMILES string of the molecule is CCOC(=O)c1cn2ncccc2n1. The zero-order chi connectivity index (χ0) is 9.97. The second kappa shape index (κ2) is 3.45. The largest absolute Gasteiger partial charge is 0.461 e. The summed E-state index contributed by atoms with van der Waals surface area (Å²) in [5.41, 5.74) is 0.918. The number of rotatable bonds is 2. The highest BCUT2D eigenvalue weighted by molar-refractivity contribution is 5.87. The third-order valence-corrected chi connectivity index (χ3v) is 1.72. The van der Waals surface area contributed by atoms with Crippen LogP contribution in [-0.4, -0.2) is 27.2 Å². The van der Waals surface area contributed by atoms with Gasteiger partial charge < -0.3 is 4.74 Å². The van der Waals surface area contributed by atoms with Gasteiger partial charge in [0.15, 0.2) is 11.3 Å². The van der Waals surface area contributed by atoms with Crippen LogP contribution in [0.25, 0.3) is 5.65 Å². The van der Waals surface area contributed by atoms with Crippen LogP contribution in [0.3, 0.4) is 0 Å². The van der Waals surface area contributed by atoms with Crippen molar-refractivity contribution in [2.75, 3.05) is 6.61 Å². The van der Waals surface area contributed by atoms with Crippen LogP contribution in [0.4, 0.5) is 0 Å². The average Bonchev–Trinajstić information content (AvgIpc) is 2.61. The Morgan fingerprint density at radius 2 is 2.50 bits per heavy atom. The van der Waals surface area contributed by atoms with Gasteiger partial charge in [0, 0.05) is 6.20 Å². The number of ether oxygens (including phenoxy) is 1. The second-order valence-electron chi connectivity index (χ2n) is 2.67. The molecule has 0 unspecified atom stereocenters. The molecular formula is C9H9N3O2. The molecule has 0 N–H and O–H groups in total. The van der Waals surface area contributed by atoms with Gasteiger partial charge in [0.05, 0.1) is 12.8 Å². The fourth-order valence-electron chi connectivity index (χ4n) is 1.13. The Labute approximate surface area is 80.3 Å². The Kier molecular flexibility index (Phi) is 2.14. The van der Waals surface area contributed by atoms with E-state index in [1.165, 1.54) is 4.52 Å². The summed E-state index contributed by atoms with van der Waals surface area (Å²) in [4.78, 5) is 15.3. The first-order valence-electron chi connectivity index (χ1n) is 4.29. The molecule has 0 aliphatic rings. The molecule has 0 bridgehead atoms. The lowest BCUT2D eigenvalue weighted by Gasteiger charge is -1.94. The third kappa shape index (κ3) is 1.44. The summed E-state index contributed by atoms with van der Waals surface area (Å²) in [6, 6.07) is 3.53. The van der Waals surface area contributed by atoms with Crippen LogP contribution in [0.5, 0.6) is 0 Å². The van der Waals surface area contributed by atoms with Crippen LogP contribution in [0.1, 0.15) is 17.4 Å². The molecule has 0 atom stereocenters. The Balaban J connectivity index is 2.40. The van der Waals surface area contributed by atoms with Crippen molar-refractivity contribution in [2.45, 2.75) is 6.92 Å². The van der Waals surface area contributed by atoms with Crippen LogP contribution in [0.15, 0.2) is 24.5 Å². The third-order valence-electron chi connectivity index (χ3n) is 1.72. The molecule has 0 fully saturated rings. The van der Waals surface area contributed by atoms with Crippen LogP contribution in [-0.2, 0) is 4.74 Å². The zero-order valence-corrected chi connectivity index (χ0v) is 7.67. The minimum Gasteiger partial charge on any atom is -0.461 e. The number of nitrogens with zero attached hydrogens (tertiary/aromatic N) is 3. The fourth-order valence-corrected chi connectivity index (χ4v) is 1.13. The molecule has 0 spiro atoms. The molecule has 2 heterocycles. The maximum Gasteiger partial charge on any atom is 0.358 e. The first-order valence-corrected chi connectivity index (χ1v) is 4.29. The molecule has 0 saturated heterocycles. The number of hydrogen-bond acceptors (Lipinski definition) is 4. The van der Waals surface area contributed by atoms with Crippen LogP contribution in [0, 0.1) is 0 Å². The molecule has 0 saturated carbocycles. The molecule has 0 radical (unpaired) electrons. The number of carbonyl (C=O) groups excluding carboxylic acids is 1. The van der Waals surface area contributed by atoms with E-state index in [1.807, 2.05) is 0 Å². The number of fused-ring (bicyclic) bond motifs is 1. The molecule has 0 amide bonds. The zero-order valence-electron chi connectivity index (χ0n) is 7.67. The molecule has 0 aromatic carbocycles. The normalized spacial score (nSPS) is 10.4. The van der Waals surface area contributed by atoms with Crippen molar-refractivity contribution in [3.05, 3.63) is 30.2 Å². The standard InChI is InChI=1S/C9H9N3O2/c1-2-14-9(13)7-6-12-8(11-7)4-3-5-10-12/h3-6H,2H2,1H3. The van der Waals surface area contributed by atoms with Crippen molar-refractivity contribution in [3.63, 3.8) is 0 Å². The summed E-state index contributed by atoms with van der Waals surface area (Å²) < 4.78 is 6.35. The summed E-state index contributed by atoms with van der Waals surface area (Å²) in [5, 5.41) is 3.99. The van der Waals surface area contributed by atoms with Gasteiger partial charge in [-0.15, -0.1) is 0 Å². The molecule has 5 nitrogen and oxygen atoms in total. The van der Waals surface area contributed by atoms with E-state index in [1.54, 1.807) is 31.5 Å². The summed E-state index contributed by atoms with van der Waals surface area (Å²) >= 11 is 0. The summed E-state index contributed by atoms with van der Waals surface area (Å²) in [7, 11) is 0. The van der Waals surface area contributed by atoms with Gasteiger partial charge in [0.25, 0.3) is 0 Å². The van der Waals surface area contributed by atoms with E-state index in [0.717, 1.165) is 0 Å². The topological polar surface area (TPSA) is 56.5 Å². The van der Waals surface area contributed by atoms with Crippen molar-refractivity contribution in [1.82, 2.24) is 14.6 Å². The number of esters is 1. The Morgan fingerprint density at radius 1 is 1.64 bits per heavy atom. The predicted molar refractivity (Wildman–Crippen MR) is 48.9 cm³/mol. The van der Waals surface area contributed by atoms with Crippen molar-refractivity contribution in [3.8, 4) is 0 Å². The lowest BCUT2D eigenvalue weighted by atomic mass is 10.5. The highest BCUT2D eigenvalue weighted by Gasteiger charge is 2.11. The van der Waals surface area contributed by atoms with Crippen molar-refractivity contribution >= 4 is 11.6 Å². The van der Waals surface area contributed by atoms with Gasteiger partial charge in [0.1, 0.15) is 0 Å². The molecule has 2 aromatic rings. The molecule has 2 aromatic heterocycles. The number of hydrogen-bond donors (Lipinski definition) is 0. The maximum atomic E-state index is 11.3. The summed E-state index contributed by atoms with van der Waals surface area (Å²) in [5.74, 6) is -0.419. The number of aromatic nitrogens is 3. The molecule has 2 rings (SSSR count). The van der Waals surface area contributed by atoms with Crippen LogP contribution >= 0.6 is 0 Å². The van der Waals surface area contributed by atoms with Gasteiger partial charge in [0.2, 0.25) is 0 Å². The van der Waals surface area contributed by atoms with E-state index in [9.17, 15) is 4.79 Å². The van der Waals surface area contributed by atoms with Gasteiger partial charge >= 0.3 is 5.97 Å². The van der Waals surface area contributed by atoms with Crippen molar-refractivity contribution in [2.24, 2.45) is 0 Å². The minimum atomic E-state index is -0.419. The average molecular weight is 191 g/mol.